The fourth-order valence-electron chi connectivity index (χ4n) is 2.87. The first kappa shape index (κ1) is 23.4. The molecule has 0 aliphatic heterocycles. The number of hydrazone groups is 1. The van der Waals surface area contributed by atoms with Crippen molar-refractivity contribution < 1.29 is 19.5 Å². The van der Waals surface area contributed by atoms with E-state index in [-0.39, 0.29) is 25.3 Å². The summed E-state index contributed by atoms with van der Waals surface area (Å²) in [6.07, 6.45) is 2.17. The Balaban J connectivity index is 2.06. The van der Waals surface area contributed by atoms with Gasteiger partial charge in [-0.15, -0.1) is 0 Å². The summed E-state index contributed by atoms with van der Waals surface area (Å²) in [7, 11) is 0. The van der Waals surface area contributed by atoms with Crippen molar-refractivity contribution in [3.63, 3.8) is 0 Å². The minimum atomic E-state index is -0.992. The first-order chi connectivity index (χ1) is 14.9. The van der Waals surface area contributed by atoms with Gasteiger partial charge in [0.15, 0.2) is 0 Å². The van der Waals surface area contributed by atoms with Gasteiger partial charge in [-0.25, -0.2) is 4.79 Å². The SMILES string of the molecule is CCc1ccc(C(CC(=O)NCCC(=O)O)NC(=O)Nc2ccc(C=NN)cc2)cc1. The van der Waals surface area contributed by atoms with E-state index in [2.05, 4.69) is 21.1 Å². The number of carbonyl (C=O) groups is 3. The van der Waals surface area contributed by atoms with Crippen molar-refractivity contribution in [3.8, 4) is 0 Å². The number of benzene rings is 2. The van der Waals surface area contributed by atoms with E-state index in [4.69, 9.17) is 10.9 Å². The van der Waals surface area contributed by atoms with Crippen LogP contribution in [0.25, 0.3) is 0 Å². The molecule has 2 aromatic carbocycles. The van der Waals surface area contributed by atoms with Crippen LogP contribution in [0.1, 0.15) is 42.5 Å². The largest absolute Gasteiger partial charge is 0.481 e. The zero-order valence-corrected chi connectivity index (χ0v) is 17.3. The van der Waals surface area contributed by atoms with Crippen LogP contribution >= 0.6 is 0 Å². The molecule has 1 unspecified atom stereocenters. The molecule has 31 heavy (non-hydrogen) atoms. The lowest BCUT2D eigenvalue weighted by atomic mass is 10.0. The van der Waals surface area contributed by atoms with Gasteiger partial charge >= 0.3 is 12.0 Å². The van der Waals surface area contributed by atoms with Crippen molar-refractivity contribution in [2.45, 2.75) is 32.2 Å². The van der Waals surface area contributed by atoms with Gasteiger partial charge < -0.3 is 26.9 Å². The number of rotatable bonds is 10. The number of aliphatic carboxylic acids is 1. The number of aryl methyl sites for hydroxylation is 1. The fraction of sp³-hybridized carbons (Fsp3) is 0.273. The van der Waals surface area contributed by atoms with E-state index in [1.807, 2.05) is 31.2 Å². The van der Waals surface area contributed by atoms with Crippen LogP contribution in [-0.2, 0) is 16.0 Å². The molecule has 6 N–H and O–H groups in total. The number of carbonyl (C=O) groups excluding carboxylic acids is 2. The van der Waals surface area contributed by atoms with Gasteiger partial charge in [0.05, 0.1) is 25.1 Å². The minimum Gasteiger partial charge on any atom is -0.481 e. The molecule has 2 aromatic rings. The molecule has 9 heteroatoms. The first-order valence-electron chi connectivity index (χ1n) is 9.89. The number of carboxylic acid groups (broad SMARTS) is 1. The number of hydrogen-bond acceptors (Lipinski definition) is 5. The normalized spacial score (nSPS) is 11.6. The molecule has 9 nitrogen and oxygen atoms in total. The number of hydrogen-bond donors (Lipinski definition) is 5. The molecule has 0 aliphatic carbocycles. The van der Waals surface area contributed by atoms with Crippen molar-refractivity contribution in [2.75, 3.05) is 11.9 Å². The number of anilines is 1. The highest BCUT2D eigenvalue weighted by molar-refractivity contribution is 5.90. The Labute approximate surface area is 180 Å². The van der Waals surface area contributed by atoms with Crippen LogP contribution in [0.2, 0.25) is 0 Å². The maximum absolute atomic E-state index is 12.5. The number of nitrogens with two attached hydrogens (primary N) is 1. The quantitative estimate of drug-likeness (QED) is 0.225. The topological polar surface area (TPSA) is 146 Å². The summed E-state index contributed by atoms with van der Waals surface area (Å²) in [6, 6.07) is 13.5. The van der Waals surface area contributed by atoms with Crippen molar-refractivity contribution in [1.82, 2.24) is 10.6 Å². The van der Waals surface area contributed by atoms with Crippen LogP contribution in [0.3, 0.4) is 0 Å². The molecule has 0 spiro atoms. The lowest BCUT2D eigenvalue weighted by Crippen LogP contribution is -2.36. The summed E-state index contributed by atoms with van der Waals surface area (Å²) in [5, 5.41) is 20.3. The molecule has 0 heterocycles. The third-order valence-corrected chi connectivity index (χ3v) is 4.54. The van der Waals surface area contributed by atoms with Crippen LogP contribution in [0.5, 0.6) is 0 Å². The highest BCUT2D eigenvalue weighted by atomic mass is 16.4. The molecule has 0 radical (unpaired) electrons. The number of carboxylic acids is 1. The predicted molar refractivity (Wildman–Crippen MR) is 119 cm³/mol. The molecule has 0 bridgehead atoms. The van der Waals surface area contributed by atoms with Gasteiger partial charge in [0.1, 0.15) is 0 Å². The van der Waals surface area contributed by atoms with E-state index in [1.54, 1.807) is 24.3 Å². The van der Waals surface area contributed by atoms with Gasteiger partial charge in [-0.05, 0) is 35.2 Å². The van der Waals surface area contributed by atoms with E-state index in [0.717, 1.165) is 23.1 Å². The van der Waals surface area contributed by atoms with E-state index in [1.165, 1.54) is 6.21 Å². The molecule has 2 rings (SSSR count). The average Bonchev–Trinajstić information content (AvgIpc) is 2.74. The molecule has 0 fully saturated rings. The third kappa shape index (κ3) is 8.17. The van der Waals surface area contributed by atoms with Crippen LogP contribution in [0.15, 0.2) is 53.6 Å². The zero-order chi connectivity index (χ0) is 22.6. The number of amides is 3. The Morgan fingerprint density at radius 2 is 1.77 bits per heavy atom. The van der Waals surface area contributed by atoms with Crippen molar-refractivity contribution >= 4 is 29.8 Å². The second-order valence-corrected chi connectivity index (χ2v) is 6.84. The Morgan fingerprint density at radius 1 is 1.10 bits per heavy atom. The fourth-order valence-corrected chi connectivity index (χ4v) is 2.87. The first-order valence-corrected chi connectivity index (χ1v) is 9.89. The Hall–Kier alpha value is -3.88. The lowest BCUT2D eigenvalue weighted by molar-refractivity contribution is -0.136. The monoisotopic (exact) mass is 425 g/mol. The molecule has 0 saturated heterocycles. The van der Waals surface area contributed by atoms with Crippen LogP contribution in [-0.4, -0.2) is 35.8 Å². The molecule has 3 amide bonds. The van der Waals surface area contributed by atoms with Crippen LogP contribution in [0, 0.1) is 0 Å². The summed E-state index contributed by atoms with van der Waals surface area (Å²) in [6.45, 7) is 2.07. The molecule has 1 atom stereocenters. The summed E-state index contributed by atoms with van der Waals surface area (Å²) in [5.74, 6) is 3.78. The Morgan fingerprint density at radius 3 is 2.35 bits per heavy atom. The maximum Gasteiger partial charge on any atom is 0.319 e. The highest BCUT2D eigenvalue weighted by Gasteiger charge is 2.19. The van der Waals surface area contributed by atoms with Crippen molar-refractivity contribution in [3.05, 3.63) is 65.2 Å². The van der Waals surface area contributed by atoms with Crippen molar-refractivity contribution in [1.29, 1.82) is 0 Å². The summed E-state index contributed by atoms with van der Waals surface area (Å²) >= 11 is 0. The van der Waals surface area contributed by atoms with Gasteiger partial charge in [0, 0.05) is 12.2 Å². The third-order valence-electron chi connectivity index (χ3n) is 4.54. The van der Waals surface area contributed by atoms with Crippen molar-refractivity contribution in [2.24, 2.45) is 10.9 Å². The Bertz CT molecular complexity index is 911. The second kappa shape index (κ2) is 12.0. The molecular formula is C22H27N5O4. The highest BCUT2D eigenvalue weighted by Crippen LogP contribution is 2.19. The standard InChI is InChI=1S/C22H27N5O4/c1-2-15-3-7-17(8-4-15)19(13-20(28)24-12-11-21(29)30)27-22(31)26-18-9-5-16(6-10-18)14-25-23/h3-10,14,19H,2,11-13,23H2,1H3,(H,24,28)(H,29,30)(H2,26,27,31). The number of urea groups is 1. The van der Waals surface area contributed by atoms with E-state index in [9.17, 15) is 14.4 Å². The second-order valence-electron chi connectivity index (χ2n) is 6.84. The van der Waals surface area contributed by atoms with Gasteiger partial charge in [-0.2, -0.15) is 5.10 Å². The Kier molecular flexibility index (Phi) is 9.03. The summed E-state index contributed by atoms with van der Waals surface area (Å²) in [5.41, 5.74) is 3.27. The van der Waals surface area contributed by atoms with Gasteiger partial charge in [-0.1, -0.05) is 43.3 Å². The molecular weight excluding hydrogens is 398 g/mol. The van der Waals surface area contributed by atoms with Crippen LogP contribution in [0.4, 0.5) is 10.5 Å². The summed E-state index contributed by atoms with van der Waals surface area (Å²) < 4.78 is 0. The number of nitrogens with zero attached hydrogens (tertiary/aromatic N) is 1. The predicted octanol–water partition coefficient (Wildman–Crippen LogP) is 2.39. The molecule has 0 aromatic heterocycles. The molecule has 0 saturated carbocycles. The average molecular weight is 425 g/mol. The summed E-state index contributed by atoms with van der Waals surface area (Å²) in [4.78, 5) is 35.4. The van der Waals surface area contributed by atoms with Gasteiger partial charge in [0.25, 0.3) is 0 Å². The van der Waals surface area contributed by atoms with Gasteiger partial charge in [-0.3, -0.25) is 9.59 Å². The van der Waals surface area contributed by atoms with E-state index < -0.39 is 18.0 Å². The lowest BCUT2D eigenvalue weighted by Gasteiger charge is -2.20. The molecule has 0 aliphatic rings. The van der Waals surface area contributed by atoms with E-state index in [0.29, 0.717) is 5.69 Å². The van der Waals surface area contributed by atoms with Crippen LogP contribution < -0.4 is 21.8 Å². The van der Waals surface area contributed by atoms with E-state index >= 15 is 0 Å². The minimum absolute atomic E-state index is 0.0234. The number of nitrogens with one attached hydrogen (secondary N) is 3. The molecule has 164 valence electrons. The zero-order valence-electron chi connectivity index (χ0n) is 17.3. The van der Waals surface area contributed by atoms with Gasteiger partial charge in [0.2, 0.25) is 5.91 Å². The smallest absolute Gasteiger partial charge is 0.319 e. The maximum atomic E-state index is 12.5.